The number of methoxy groups -OCH3 is 1. The zero-order chi connectivity index (χ0) is 18.4. The van der Waals surface area contributed by atoms with Crippen molar-refractivity contribution in [2.24, 2.45) is 0 Å². The van der Waals surface area contributed by atoms with Crippen LogP contribution in [-0.2, 0) is 16.0 Å². The largest absolute Gasteiger partial charge is 0.481 e. The molecule has 0 aliphatic heterocycles. The highest BCUT2D eigenvalue weighted by Crippen LogP contribution is 2.22. The van der Waals surface area contributed by atoms with Crippen LogP contribution in [0.5, 0.6) is 0 Å². The normalized spacial score (nSPS) is 14.0. The highest BCUT2D eigenvalue weighted by atomic mass is 19.4. The number of rotatable bonds is 8. The molecular weight excluding hydrogens is 327 g/mol. The predicted molar refractivity (Wildman–Crippen MR) is 80.8 cm³/mol. The monoisotopic (exact) mass is 347 g/mol. The fourth-order valence-electron chi connectivity index (χ4n) is 2.24. The number of aliphatic carboxylic acids is 1. The second-order valence-corrected chi connectivity index (χ2v) is 5.83. The second-order valence-electron chi connectivity index (χ2n) is 5.83. The molecule has 0 spiro atoms. The summed E-state index contributed by atoms with van der Waals surface area (Å²) < 4.78 is 41.5. The van der Waals surface area contributed by atoms with Crippen LogP contribution in [0.4, 0.5) is 13.2 Å². The van der Waals surface area contributed by atoms with Gasteiger partial charge in [-0.1, -0.05) is 12.1 Å². The third-order valence-electron chi connectivity index (χ3n) is 3.33. The molecule has 134 valence electrons. The number of hydrogen-bond donors (Lipinski definition) is 2. The van der Waals surface area contributed by atoms with Crippen LogP contribution in [0.25, 0.3) is 0 Å². The van der Waals surface area contributed by atoms with Crippen molar-refractivity contribution in [2.45, 2.75) is 37.9 Å². The minimum atomic E-state index is -4.23. The summed E-state index contributed by atoms with van der Waals surface area (Å²) in [4.78, 5) is 23.1. The number of carbonyl (C=O) groups excluding carboxylic acids is 1. The molecule has 8 heteroatoms. The SMILES string of the molecule is COCC(C)(CC(=O)O)NC(=O)c1ccc(CCC(F)(F)F)cc1. The van der Waals surface area contributed by atoms with Crippen LogP contribution in [0.2, 0.25) is 0 Å². The Bertz CT molecular complexity index is 572. The van der Waals surface area contributed by atoms with Crippen molar-refractivity contribution >= 4 is 11.9 Å². The van der Waals surface area contributed by atoms with E-state index in [-0.39, 0.29) is 25.0 Å². The molecule has 1 rings (SSSR count). The number of halogens is 3. The van der Waals surface area contributed by atoms with E-state index in [1.165, 1.54) is 31.4 Å². The Labute approximate surface area is 137 Å². The number of carboxylic acid groups (broad SMARTS) is 1. The lowest BCUT2D eigenvalue weighted by Gasteiger charge is -2.28. The summed E-state index contributed by atoms with van der Waals surface area (Å²) in [6, 6.07) is 5.72. The van der Waals surface area contributed by atoms with Crippen LogP contribution in [0, 0.1) is 0 Å². The first-order chi connectivity index (χ1) is 11.0. The Hall–Kier alpha value is -2.09. The molecule has 0 aliphatic rings. The van der Waals surface area contributed by atoms with Gasteiger partial charge in [0.2, 0.25) is 0 Å². The standard InChI is InChI=1S/C16H20F3NO4/c1-15(10-24-2,9-13(21)22)20-14(23)12-5-3-11(4-6-12)7-8-16(17,18)19/h3-6H,7-10H2,1-2H3,(H,20,23)(H,21,22). The van der Waals surface area contributed by atoms with Gasteiger partial charge in [-0.15, -0.1) is 0 Å². The Morgan fingerprint density at radius 3 is 2.25 bits per heavy atom. The molecule has 0 heterocycles. The maximum atomic E-state index is 12.2. The van der Waals surface area contributed by atoms with E-state index in [2.05, 4.69) is 5.32 Å². The van der Waals surface area contributed by atoms with Crippen molar-refractivity contribution in [2.75, 3.05) is 13.7 Å². The van der Waals surface area contributed by atoms with E-state index in [4.69, 9.17) is 9.84 Å². The number of ether oxygens (including phenoxy) is 1. The maximum absolute atomic E-state index is 12.2. The first-order valence-corrected chi connectivity index (χ1v) is 7.23. The molecule has 0 aromatic heterocycles. The Morgan fingerprint density at radius 1 is 1.21 bits per heavy atom. The summed E-state index contributed by atoms with van der Waals surface area (Å²) in [5.41, 5.74) is -0.389. The molecule has 1 aromatic carbocycles. The van der Waals surface area contributed by atoms with Crippen LogP contribution in [0.15, 0.2) is 24.3 Å². The molecule has 0 saturated heterocycles. The van der Waals surface area contributed by atoms with Gasteiger partial charge >= 0.3 is 12.1 Å². The minimum Gasteiger partial charge on any atom is -0.481 e. The van der Waals surface area contributed by atoms with Crippen molar-refractivity contribution in [1.82, 2.24) is 5.32 Å². The molecular formula is C16H20F3NO4. The quantitative estimate of drug-likeness (QED) is 0.758. The fourth-order valence-corrected chi connectivity index (χ4v) is 2.24. The topological polar surface area (TPSA) is 75.6 Å². The molecule has 0 bridgehead atoms. The van der Waals surface area contributed by atoms with Gasteiger partial charge in [-0.05, 0) is 31.0 Å². The lowest BCUT2D eigenvalue weighted by Crippen LogP contribution is -2.50. The maximum Gasteiger partial charge on any atom is 0.389 e. The van der Waals surface area contributed by atoms with Crippen molar-refractivity contribution in [1.29, 1.82) is 0 Å². The van der Waals surface area contributed by atoms with E-state index in [9.17, 15) is 22.8 Å². The van der Waals surface area contributed by atoms with Crippen LogP contribution >= 0.6 is 0 Å². The van der Waals surface area contributed by atoms with Gasteiger partial charge in [0.05, 0.1) is 18.6 Å². The fraction of sp³-hybridized carbons (Fsp3) is 0.500. The average Bonchev–Trinajstić information content (AvgIpc) is 2.43. The van der Waals surface area contributed by atoms with Gasteiger partial charge in [-0.2, -0.15) is 13.2 Å². The number of hydrogen-bond acceptors (Lipinski definition) is 3. The van der Waals surface area contributed by atoms with Crippen LogP contribution in [0.1, 0.15) is 35.7 Å². The number of carbonyl (C=O) groups is 2. The summed E-state index contributed by atoms with van der Waals surface area (Å²) in [5.74, 6) is -1.60. The highest BCUT2D eigenvalue weighted by Gasteiger charge is 2.30. The Kier molecular flexibility index (Phi) is 6.77. The first-order valence-electron chi connectivity index (χ1n) is 7.23. The van der Waals surface area contributed by atoms with E-state index in [0.717, 1.165) is 0 Å². The first kappa shape index (κ1) is 20.0. The van der Waals surface area contributed by atoms with Crippen LogP contribution in [0.3, 0.4) is 0 Å². The molecule has 1 unspecified atom stereocenters. The third-order valence-corrected chi connectivity index (χ3v) is 3.33. The summed E-state index contributed by atoms with van der Waals surface area (Å²) in [7, 11) is 1.39. The molecule has 1 atom stereocenters. The molecule has 2 N–H and O–H groups in total. The zero-order valence-electron chi connectivity index (χ0n) is 13.4. The highest BCUT2D eigenvalue weighted by molar-refractivity contribution is 5.95. The van der Waals surface area contributed by atoms with Crippen molar-refractivity contribution in [3.63, 3.8) is 0 Å². The number of alkyl halides is 3. The van der Waals surface area contributed by atoms with E-state index in [1.807, 2.05) is 0 Å². The number of aryl methyl sites for hydroxylation is 1. The second kappa shape index (κ2) is 8.14. The number of nitrogens with one attached hydrogen (secondary N) is 1. The van der Waals surface area contributed by atoms with Gasteiger partial charge in [0, 0.05) is 19.1 Å². The van der Waals surface area contributed by atoms with Crippen LogP contribution in [-0.4, -0.2) is 42.4 Å². The Balaban J connectivity index is 2.74. The molecule has 0 radical (unpaired) electrons. The lowest BCUT2D eigenvalue weighted by atomic mass is 9.98. The zero-order valence-corrected chi connectivity index (χ0v) is 13.4. The van der Waals surface area contributed by atoms with Gasteiger partial charge in [0.1, 0.15) is 0 Å². The van der Waals surface area contributed by atoms with E-state index in [1.54, 1.807) is 6.92 Å². The van der Waals surface area contributed by atoms with E-state index >= 15 is 0 Å². The lowest BCUT2D eigenvalue weighted by molar-refractivity contribution is -0.139. The Morgan fingerprint density at radius 2 is 1.79 bits per heavy atom. The summed E-state index contributed by atoms with van der Waals surface area (Å²) in [5, 5.41) is 11.5. The number of benzene rings is 1. The smallest absolute Gasteiger partial charge is 0.389 e. The molecule has 1 amide bonds. The van der Waals surface area contributed by atoms with Crippen molar-refractivity contribution < 1.29 is 32.6 Å². The molecule has 0 fully saturated rings. The van der Waals surface area contributed by atoms with E-state index in [0.29, 0.717) is 5.56 Å². The summed E-state index contributed by atoms with van der Waals surface area (Å²) in [6.45, 7) is 1.55. The van der Waals surface area contributed by atoms with Gasteiger partial charge in [0.15, 0.2) is 0 Å². The van der Waals surface area contributed by atoms with Gasteiger partial charge in [-0.3, -0.25) is 9.59 Å². The summed E-state index contributed by atoms with van der Waals surface area (Å²) >= 11 is 0. The van der Waals surface area contributed by atoms with Crippen molar-refractivity contribution in [3.05, 3.63) is 35.4 Å². The van der Waals surface area contributed by atoms with Crippen molar-refractivity contribution in [3.8, 4) is 0 Å². The third kappa shape index (κ3) is 6.99. The van der Waals surface area contributed by atoms with Gasteiger partial charge in [0.25, 0.3) is 5.91 Å². The van der Waals surface area contributed by atoms with Crippen LogP contribution < -0.4 is 5.32 Å². The summed E-state index contributed by atoms with van der Waals surface area (Å²) in [6.07, 6.45) is -5.64. The predicted octanol–water partition coefficient (Wildman–Crippen LogP) is 2.79. The molecule has 5 nitrogen and oxygen atoms in total. The van der Waals surface area contributed by atoms with Gasteiger partial charge in [-0.25, -0.2) is 0 Å². The van der Waals surface area contributed by atoms with Gasteiger partial charge < -0.3 is 15.2 Å². The average molecular weight is 347 g/mol. The number of carboxylic acids is 1. The number of amides is 1. The molecule has 1 aromatic rings. The molecule has 0 saturated carbocycles. The minimum absolute atomic E-state index is 0.00864. The van der Waals surface area contributed by atoms with E-state index < -0.39 is 30.0 Å². The molecule has 0 aliphatic carbocycles. The molecule has 24 heavy (non-hydrogen) atoms.